The van der Waals surface area contributed by atoms with Gasteiger partial charge >= 0.3 is 0 Å². The first-order valence-corrected chi connectivity index (χ1v) is 5.95. The zero-order valence-corrected chi connectivity index (χ0v) is 9.84. The lowest BCUT2D eigenvalue weighted by atomic mass is 10.1. The maximum atomic E-state index is 11.7. The summed E-state index contributed by atoms with van der Waals surface area (Å²) in [6.07, 6.45) is 4.67. The molecule has 1 unspecified atom stereocenters. The summed E-state index contributed by atoms with van der Waals surface area (Å²) < 4.78 is 0. The second kappa shape index (κ2) is 7.22. The predicted octanol–water partition coefficient (Wildman–Crippen LogP) is -0.229. The van der Waals surface area contributed by atoms with Crippen LogP contribution in [-0.4, -0.2) is 38.0 Å². The van der Waals surface area contributed by atoms with Crippen molar-refractivity contribution in [2.75, 3.05) is 20.1 Å². The van der Waals surface area contributed by atoms with E-state index in [9.17, 15) is 9.59 Å². The van der Waals surface area contributed by atoms with Crippen LogP contribution in [0.4, 0.5) is 0 Å². The summed E-state index contributed by atoms with van der Waals surface area (Å²) in [5.74, 6) is -0.0278. The number of carbonyl (C=O) groups is 2. The number of rotatable bonds is 4. The van der Waals surface area contributed by atoms with Crippen LogP contribution in [0, 0.1) is 0 Å². The van der Waals surface area contributed by atoms with Crippen molar-refractivity contribution < 1.29 is 9.59 Å². The van der Waals surface area contributed by atoms with Crippen molar-refractivity contribution in [3.63, 3.8) is 0 Å². The SMILES string of the molecule is CNC(=O)CCNC(=O)C1CCCCCN1. The molecule has 1 heterocycles. The molecule has 1 saturated heterocycles. The van der Waals surface area contributed by atoms with Crippen LogP contribution in [0.2, 0.25) is 0 Å². The lowest BCUT2D eigenvalue weighted by Crippen LogP contribution is -2.44. The van der Waals surface area contributed by atoms with Crippen molar-refractivity contribution in [1.29, 1.82) is 0 Å². The van der Waals surface area contributed by atoms with Crippen molar-refractivity contribution >= 4 is 11.8 Å². The Labute approximate surface area is 96.4 Å². The van der Waals surface area contributed by atoms with Crippen molar-refractivity contribution in [1.82, 2.24) is 16.0 Å². The van der Waals surface area contributed by atoms with Gasteiger partial charge in [-0.2, -0.15) is 0 Å². The summed E-state index contributed by atoms with van der Waals surface area (Å²) >= 11 is 0. The Hall–Kier alpha value is -1.10. The van der Waals surface area contributed by atoms with Gasteiger partial charge in [0.2, 0.25) is 11.8 Å². The molecule has 1 aliphatic rings. The fraction of sp³-hybridized carbons (Fsp3) is 0.818. The van der Waals surface area contributed by atoms with Crippen LogP contribution in [0.15, 0.2) is 0 Å². The molecule has 1 atom stereocenters. The molecule has 5 heteroatoms. The Kier molecular flexibility index (Phi) is 5.85. The number of hydrogen-bond donors (Lipinski definition) is 3. The molecule has 0 saturated carbocycles. The van der Waals surface area contributed by atoms with Gasteiger partial charge in [0.15, 0.2) is 0 Å². The maximum Gasteiger partial charge on any atom is 0.237 e. The fourth-order valence-electron chi connectivity index (χ4n) is 1.80. The molecule has 16 heavy (non-hydrogen) atoms. The van der Waals surface area contributed by atoms with Gasteiger partial charge in [0, 0.05) is 20.0 Å². The quantitative estimate of drug-likeness (QED) is 0.621. The second-order valence-corrected chi connectivity index (χ2v) is 4.07. The molecule has 1 rings (SSSR count). The molecule has 0 aromatic heterocycles. The van der Waals surface area contributed by atoms with E-state index in [0.717, 1.165) is 25.8 Å². The Morgan fingerprint density at radius 2 is 2.12 bits per heavy atom. The van der Waals surface area contributed by atoms with Gasteiger partial charge in [0.1, 0.15) is 0 Å². The molecule has 3 N–H and O–H groups in total. The minimum atomic E-state index is -0.0767. The highest BCUT2D eigenvalue weighted by molar-refractivity contribution is 5.82. The zero-order valence-electron chi connectivity index (χ0n) is 9.84. The average Bonchev–Trinajstić information content (AvgIpc) is 2.57. The molecule has 0 radical (unpaired) electrons. The standard InChI is InChI=1S/C11H21N3O2/c1-12-10(15)6-8-14-11(16)9-5-3-2-4-7-13-9/h9,13H,2-8H2,1H3,(H,12,15)(H,14,16). The highest BCUT2D eigenvalue weighted by atomic mass is 16.2. The first-order chi connectivity index (χ1) is 7.74. The number of hydrogen-bond acceptors (Lipinski definition) is 3. The third kappa shape index (κ3) is 4.61. The normalized spacial score (nSPS) is 20.9. The second-order valence-electron chi connectivity index (χ2n) is 4.07. The largest absolute Gasteiger partial charge is 0.359 e. The van der Waals surface area contributed by atoms with Gasteiger partial charge in [0.05, 0.1) is 6.04 Å². The maximum absolute atomic E-state index is 11.7. The summed E-state index contributed by atoms with van der Waals surface area (Å²) in [6, 6.07) is -0.0767. The lowest BCUT2D eigenvalue weighted by molar-refractivity contribution is -0.123. The van der Waals surface area contributed by atoms with E-state index in [0.29, 0.717) is 13.0 Å². The predicted molar refractivity (Wildman–Crippen MR) is 62.0 cm³/mol. The molecule has 92 valence electrons. The highest BCUT2D eigenvalue weighted by Gasteiger charge is 2.18. The van der Waals surface area contributed by atoms with E-state index in [2.05, 4.69) is 16.0 Å². The monoisotopic (exact) mass is 227 g/mol. The third-order valence-corrected chi connectivity index (χ3v) is 2.81. The molecule has 0 aliphatic carbocycles. The van der Waals surface area contributed by atoms with E-state index in [-0.39, 0.29) is 17.9 Å². The number of nitrogens with one attached hydrogen (secondary N) is 3. The summed E-state index contributed by atoms with van der Waals surface area (Å²) in [7, 11) is 1.59. The first-order valence-electron chi connectivity index (χ1n) is 5.95. The van der Waals surface area contributed by atoms with E-state index in [1.54, 1.807) is 7.05 Å². The van der Waals surface area contributed by atoms with Gasteiger partial charge in [-0.1, -0.05) is 12.8 Å². The molecule has 5 nitrogen and oxygen atoms in total. The summed E-state index contributed by atoms with van der Waals surface area (Å²) in [5, 5.41) is 8.53. The molecule has 0 aromatic rings. The van der Waals surface area contributed by atoms with Crippen LogP contribution in [-0.2, 0) is 9.59 Å². The van der Waals surface area contributed by atoms with E-state index in [4.69, 9.17) is 0 Å². The molecule has 2 amide bonds. The Morgan fingerprint density at radius 1 is 1.31 bits per heavy atom. The van der Waals surface area contributed by atoms with Gasteiger partial charge in [-0.05, 0) is 19.4 Å². The van der Waals surface area contributed by atoms with Crippen LogP contribution in [0.25, 0.3) is 0 Å². The number of carbonyl (C=O) groups excluding carboxylic acids is 2. The van der Waals surface area contributed by atoms with Crippen molar-refractivity contribution in [3.8, 4) is 0 Å². The molecule has 0 bridgehead atoms. The molecule has 0 aromatic carbocycles. The summed E-state index contributed by atoms with van der Waals surface area (Å²) in [4.78, 5) is 22.7. The lowest BCUT2D eigenvalue weighted by Gasteiger charge is -2.15. The highest BCUT2D eigenvalue weighted by Crippen LogP contribution is 2.08. The zero-order chi connectivity index (χ0) is 11.8. The molecular formula is C11H21N3O2. The topological polar surface area (TPSA) is 70.2 Å². The minimum absolute atomic E-state index is 0.0193. The van der Waals surface area contributed by atoms with Crippen LogP contribution in [0.5, 0.6) is 0 Å². The average molecular weight is 227 g/mol. The van der Waals surface area contributed by atoms with Crippen molar-refractivity contribution in [3.05, 3.63) is 0 Å². The van der Waals surface area contributed by atoms with Gasteiger partial charge in [-0.15, -0.1) is 0 Å². The summed E-state index contributed by atoms with van der Waals surface area (Å²) in [5.41, 5.74) is 0. The fourth-order valence-corrected chi connectivity index (χ4v) is 1.80. The van der Waals surface area contributed by atoms with Gasteiger partial charge in [-0.3, -0.25) is 9.59 Å². The van der Waals surface area contributed by atoms with Gasteiger partial charge in [0.25, 0.3) is 0 Å². The molecule has 1 fully saturated rings. The Bertz CT molecular complexity index is 235. The van der Waals surface area contributed by atoms with E-state index < -0.39 is 0 Å². The first kappa shape index (κ1) is 13.0. The number of amides is 2. The van der Waals surface area contributed by atoms with E-state index >= 15 is 0 Å². The molecule has 0 spiro atoms. The van der Waals surface area contributed by atoms with E-state index in [1.165, 1.54) is 6.42 Å². The van der Waals surface area contributed by atoms with Crippen LogP contribution >= 0.6 is 0 Å². The molecular weight excluding hydrogens is 206 g/mol. The smallest absolute Gasteiger partial charge is 0.237 e. The van der Waals surface area contributed by atoms with Crippen molar-refractivity contribution in [2.45, 2.75) is 38.1 Å². The third-order valence-electron chi connectivity index (χ3n) is 2.81. The Balaban J connectivity index is 2.20. The van der Waals surface area contributed by atoms with Gasteiger partial charge in [-0.25, -0.2) is 0 Å². The minimum Gasteiger partial charge on any atom is -0.359 e. The van der Waals surface area contributed by atoms with Gasteiger partial charge < -0.3 is 16.0 Å². The van der Waals surface area contributed by atoms with Crippen LogP contribution < -0.4 is 16.0 Å². The van der Waals surface area contributed by atoms with Crippen LogP contribution in [0.1, 0.15) is 32.1 Å². The van der Waals surface area contributed by atoms with Crippen LogP contribution in [0.3, 0.4) is 0 Å². The summed E-state index contributed by atoms with van der Waals surface area (Å²) in [6.45, 7) is 1.32. The Morgan fingerprint density at radius 3 is 2.88 bits per heavy atom. The van der Waals surface area contributed by atoms with E-state index in [1.807, 2.05) is 0 Å². The van der Waals surface area contributed by atoms with Crippen molar-refractivity contribution in [2.24, 2.45) is 0 Å². The molecule has 1 aliphatic heterocycles.